The Morgan fingerprint density at radius 2 is 1.32 bits per heavy atom. The van der Waals surface area contributed by atoms with E-state index in [4.69, 9.17) is 15.2 Å². The van der Waals surface area contributed by atoms with Crippen LogP contribution in [0.4, 0.5) is 0 Å². The molecule has 0 fully saturated rings. The summed E-state index contributed by atoms with van der Waals surface area (Å²) in [6, 6.07) is 13.6. The molecule has 2 aromatic rings. The Labute approximate surface area is 146 Å². The lowest BCUT2D eigenvalue weighted by Crippen LogP contribution is -2.13. The van der Waals surface area contributed by atoms with Gasteiger partial charge in [-0.05, 0) is 48.5 Å². The SMILES string of the molecule is COC(=O)c1ccc(OCCCOc2ccc(C(=O)CN)cc2)cc1. The molecule has 0 aromatic heterocycles. The van der Waals surface area contributed by atoms with Crippen molar-refractivity contribution >= 4 is 11.8 Å². The fourth-order valence-electron chi connectivity index (χ4n) is 2.10. The Kier molecular flexibility index (Phi) is 6.98. The molecule has 0 atom stereocenters. The minimum atomic E-state index is -0.376. The molecule has 0 radical (unpaired) electrons. The van der Waals surface area contributed by atoms with Gasteiger partial charge in [-0.15, -0.1) is 0 Å². The van der Waals surface area contributed by atoms with Crippen LogP contribution in [0.2, 0.25) is 0 Å². The average molecular weight is 343 g/mol. The van der Waals surface area contributed by atoms with Gasteiger partial charge in [0.15, 0.2) is 5.78 Å². The van der Waals surface area contributed by atoms with Crippen molar-refractivity contribution in [1.82, 2.24) is 0 Å². The van der Waals surface area contributed by atoms with Crippen LogP contribution in [0.1, 0.15) is 27.1 Å². The quantitative estimate of drug-likeness (QED) is 0.427. The van der Waals surface area contributed by atoms with E-state index in [1.54, 1.807) is 48.5 Å². The van der Waals surface area contributed by atoms with Gasteiger partial charge in [0.05, 0.1) is 32.4 Å². The van der Waals surface area contributed by atoms with E-state index >= 15 is 0 Å². The number of esters is 1. The van der Waals surface area contributed by atoms with Crippen molar-refractivity contribution in [3.05, 3.63) is 59.7 Å². The third-order valence-electron chi connectivity index (χ3n) is 3.46. The summed E-state index contributed by atoms with van der Waals surface area (Å²) in [5.41, 5.74) is 6.37. The second-order valence-corrected chi connectivity index (χ2v) is 5.22. The first-order valence-corrected chi connectivity index (χ1v) is 7.91. The molecule has 0 spiro atoms. The molecule has 0 aliphatic rings. The third-order valence-corrected chi connectivity index (χ3v) is 3.46. The monoisotopic (exact) mass is 343 g/mol. The summed E-state index contributed by atoms with van der Waals surface area (Å²) in [5, 5.41) is 0. The highest BCUT2D eigenvalue weighted by Crippen LogP contribution is 2.14. The first-order valence-electron chi connectivity index (χ1n) is 7.91. The molecule has 2 rings (SSSR count). The molecular weight excluding hydrogens is 322 g/mol. The molecule has 2 aromatic carbocycles. The first-order chi connectivity index (χ1) is 12.1. The Balaban J connectivity index is 1.69. The number of hydrogen-bond donors (Lipinski definition) is 1. The molecule has 0 bridgehead atoms. The lowest BCUT2D eigenvalue weighted by Gasteiger charge is -2.09. The molecule has 25 heavy (non-hydrogen) atoms. The van der Waals surface area contributed by atoms with Gasteiger partial charge >= 0.3 is 5.97 Å². The van der Waals surface area contributed by atoms with Gasteiger partial charge < -0.3 is 19.9 Å². The molecule has 2 N–H and O–H groups in total. The Morgan fingerprint density at radius 1 is 0.840 bits per heavy atom. The highest BCUT2D eigenvalue weighted by atomic mass is 16.5. The maximum absolute atomic E-state index is 11.4. The van der Waals surface area contributed by atoms with Gasteiger partial charge in [0.1, 0.15) is 11.5 Å². The van der Waals surface area contributed by atoms with Crippen molar-refractivity contribution in [3.63, 3.8) is 0 Å². The summed E-state index contributed by atoms with van der Waals surface area (Å²) in [7, 11) is 1.34. The smallest absolute Gasteiger partial charge is 0.337 e. The normalized spacial score (nSPS) is 10.2. The Bertz CT molecular complexity index is 633. The fraction of sp³-hybridized carbons (Fsp3) is 0.263. The molecule has 132 valence electrons. The maximum atomic E-state index is 11.4. The number of hydrogen-bond acceptors (Lipinski definition) is 6. The van der Waals surface area contributed by atoms with Crippen LogP contribution in [0, 0.1) is 0 Å². The van der Waals surface area contributed by atoms with Crippen LogP contribution in [-0.2, 0) is 4.74 Å². The molecule has 0 saturated heterocycles. The lowest BCUT2D eigenvalue weighted by atomic mass is 10.1. The summed E-state index contributed by atoms with van der Waals surface area (Å²) in [5.74, 6) is 0.894. The van der Waals surface area contributed by atoms with Gasteiger partial charge in [0.2, 0.25) is 0 Å². The summed E-state index contributed by atoms with van der Waals surface area (Å²) < 4.78 is 15.8. The average Bonchev–Trinajstić information content (AvgIpc) is 2.67. The zero-order valence-corrected chi connectivity index (χ0v) is 14.1. The highest BCUT2D eigenvalue weighted by molar-refractivity contribution is 5.97. The Morgan fingerprint density at radius 3 is 1.76 bits per heavy atom. The molecule has 0 unspecified atom stereocenters. The highest BCUT2D eigenvalue weighted by Gasteiger charge is 2.05. The van der Waals surface area contributed by atoms with Crippen LogP contribution >= 0.6 is 0 Å². The number of Topliss-reactive ketones (excluding diaryl/α,β-unsaturated/α-hetero) is 1. The topological polar surface area (TPSA) is 87.9 Å². The fourth-order valence-corrected chi connectivity index (χ4v) is 2.10. The van der Waals surface area contributed by atoms with E-state index < -0.39 is 0 Å². The lowest BCUT2D eigenvalue weighted by molar-refractivity contribution is 0.0600. The largest absolute Gasteiger partial charge is 0.493 e. The van der Waals surface area contributed by atoms with E-state index in [2.05, 4.69) is 4.74 Å². The van der Waals surface area contributed by atoms with Gasteiger partial charge in [-0.1, -0.05) is 0 Å². The molecule has 0 heterocycles. The predicted octanol–water partition coefficient (Wildman–Crippen LogP) is 2.46. The minimum absolute atomic E-state index is 0.00183. The van der Waals surface area contributed by atoms with E-state index in [1.807, 2.05) is 0 Å². The van der Waals surface area contributed by atoms with Crippen molar-refractivity contribution < 1.29 is 23.8 Å². The standard InChI is InChI=1S/C19H21NO5/c1-23-19(22)15-5-9-17(10-6-15)25-12-2-11-24-16-7-3-14(4-8-16)18(21)13-20/h3-10H,2,11-13,20H2,1H3. The Hall–Kier alpha value is -2.86. The second-order valence-electron chi connectivity index (χ2n) is 5.22. The zero-order chi connectivity index (χ0) is 18.1. The van der Waals surface area contributed by atoms with E-state index in [0.717, 1.165) is 0 Å². The molecule has 0 aliphatic heterocycles. The minimum Gasteiger partial charge on any atom is -0.493 e. The van der Waals surface area contributed by atoms with Gasteiger partial charge in [0, 0.05) is 12.0 Å². The number of methoxy groups -OCH3 is 1. The van der Waals surface area contributed by atoms with Crippen LogP contribution in [0.3, 0.4) is 0 Å². The maximum Gasteiger partial charge on any atom is 0.337 e. The second kappa shape index (κ2) is 9.44. The van der Waals surface area contributed by atoms with Gasteiger partial charge in [-0.3, -0.25) is 4.79 Å². The predicted molar refractivity (Wildman–Crippen MR) is 93.2 cm³/mol. The number of carbonyl (C=O) groups excluding carboxylic acids is 2. The molecule has 6 nitrogen and oxygen atoms in total. The van der Waals surface area contributed by atoms with Crippen molar-refractivity contribution in [2.24, 2.45) is 5.73 Å². The summed E-state index contributed by atoms with van der Waals surface area (Å²) >= 11 is 0. The van der Waals surface area contributed by atoms with Crippen molar-refractivity contribution in [2.75, 3.05) is 26.9 Å². The third kappa shape index (κ3) is 5.61. The number of benzene rings is 2. The van der Waals surface area contributed by atoms with Gasteiger partial charge in [-0.2, -0.15) is 0 Å². The number of ketones is 1. The summed E-state index contributed by atoms with van der Waals surface area (Å²) in [4.78, 5) is 22.8. The zero-order valence-electron chi connectivity index (χ0n) is 14.1. The van der Waals surface area contributed by atoms with Crippen LogP contribution in [0.25, 0.3) is 0 Å². The van der Waals surface area contributed by atoms with E-state index in [-0.39, 0.29) is 18.3 Å². The molecule has 6 heteroatoms. The molecule has 0 amide bonds. The van der Waals surface area contributed by atoms with Crippen LogP contribution < -0.4 is 15.2 Å². The van der Waals surface area contributed by atoms with Crippen LogP contribution in [0.5, 0.6) is 11.5 Å². The van der Waals surface area contributed by atoms with Crippen molar-refractivity contribution in [2.45, 2.75) is 6.42 Å². The van der Waals surface area contributed by atoms with Crippen LogP contribution in [-0.4, -0.2) is 38.6 Å². The number of carbonyl (C=O) groups is 2. The van der Waals surface area contributed by atoms with Crippen molar-refractivity contribution in [1.29, 1.82) is 0 Å². The molecular formula is C19H21NO5. The number of nitrogens with two attached hydrogens (primary N) is 1. The number of rotatable bonds is 9. The molecule has 0 saturated carbocycles. The van der Waals surface area contributed by atoms with Gasteiger partial charge in [0.25, 0.3) is 0 Å². The van der Waals surface area contributed by atoms with Crippen LogP contribution in [0.15, 0.2) is 48.5 Å². The molecule has 0 aliphatic carbocycles. The van der Waals surface area contributed by atoms with Crippen molar-refractivity contribution in [3.8, 4) is 11.5 Å². The summed E-state index contributed by atoms with van der Waals surface area (Å²) in [6.45, 7) is 0.976. The summed E-state index contributed by atoms with van der Waals surface area (Å²) in [6.07, 6.45) is 0.697. The van der Waals surface area contributed by atoms with E-state index in [1.165, 1.54) is 7.11 Å². The number of ether oxygens (including phenoxy) is 3. The first kappa shape index (κ1) is 18.5. The van der Waals surface area contributed by atoms with Gasteiger partial charge in [-0.25, -0.2) is 4.79 Å². The van der Waals surface area contributed by atoms with E-state index in [0.29, 0.717) is 42.3 Å². The van der Waals surface area contributed by atoms with E-state index in [9.17, 15) is 9.59 Å².